The molecule has 0 atom stereocenters. The van der Waals surface area contributed by atoms with Crippen molar-refractivity contribution < 1.29 is 28.5 Å². The first-order chi connectivity index (χ1) is 12.5. The van der Waals surface area contributed by atoms with Gasteiger partial charge in [0.15, 0.2) is 11.5 Å². The minimum atomic E-state index is -0.554. The summed E-state index contributed by atoms with van der Waals surface area (Å²) in [6.45, 7) is 3.71. The predicted octanol–water partition coefficient (Wildman–Crippen LogP) is 3.44. The van der Waals surface area contributed by atoms with Gasteiger partial charge in [-0.25, -0.2) is 9.59 Å². The van der Waals surface area contributed by atoms with E-state index >= 15 is 0 Å². The largest absolute Gasteiger partial charge is 0.493 e. The maximum Gasteiger partial charge on any atom is 0.343 e. The smallest absolute Gasteiger partial charge is 0.343 e. The molecule has 0 aromatic heterocycles. The van der Waals surface area contributed by atoms with Gasteiger partial charge in [0, 0.05) is 5.56 Å². The summed E-state index contributed by atoms with van der Waals surface area (Å²) >= 11 is 0. The Labute approximate surface area is 151 Å². The lowest BCUT2D eigenvalue weighted by atomic mass is 10.1. The third-order valence-electron chi connectivity index (χ3n) is 3.64. The molecular formula is C20H20O6. The number of ether oxygens (including phenoxy) is 4. The van der Waals surface area contributed by atoms with E-state index in [1.54, 1.807) is 18.2 Å². The molecule has 0 amide bonds. The maximum absolute atomic E-state index is 12.5. The summed E-state index contributed by atoms with van der Waals surface area (Å²) < 4.78 is 20.6. The number of allylic oxidation sites excluding steroid dienone is 1. The fourth-order valence-electron chi connectivity index (χ4n) is 2.41. The third-order valence-corrected chi connectivity index (χ3v) is 3.64. The molecule has 6 heteroatoms. The molecule has 0 unspecified atom stereocenters. The topological polar surface area (TPSA) is 71.1 Å². The van der Waals surface area contributed by atoms with Gasteiger partial charge in [0.05, 0.1) is 32.5 Å². The van der Waals surface area contributed by atoms with Crippen LogP contribution < -0.4 is 14.2 Å². The van der Waals surface area contributed by atoms with E-state index in [1.165, 1.54) is 45.6 Å². The van der Waals surface area contributed by atoms with Crippen LogP contribution in [0.3, 0.4) is 0 Å². The monoisotopic (exact) mass is 356 g/mol. The molecule has 0 aliphatic carbocycles. The molecule has 0 saturated heterocycles. The molecule has 0 fully saturated rings. The minimum Gasteiger partial charge on any atom is -0.493 e. The Morgan fingerprint density at radius 3 is 2.19 bits per heavy atom. The van der Waals surface area contributed by atoms with Crippen molar-refractivity contribution >= 4 is 11.9 Å². The summed E-state index contributed by atoms with van der Waals surface area (Å²) in [4.78, 5) is 23.9. The lowest BCUT2D eigenvalue weighted by molar-refractivity contribution is 0.0600. The number of hydrogen-bond donors (Lipinski definition) is 0. The Hall–Kier alpha value is -3.28. The van der Waals surface area contributed by atoms with Crippen LogP contribution in [0.25, 0.3) is 0 Å². The van der Waals surface area contributed by atoms with Crippen LogP contribution in [0.4, 0.5) is 0 Å². The van der Waals surface area contributed by atoms with Gasteiger partial charge in [-0.15, -0.1) is 6.58 Å². The van der Waals surface area contributed by atoms with Crippen LogP contribution in [0, 0.1) is 0 Å². The molecule has 2 rings (SSSR count). The van der Waals surface area contributed by atoms with Gasteiger partial charge in [-0.1, -0.05) is 6.08 Å². The molecule has 0 radical (unpaired) electrons. The van der Waals surface area contributed by atoms with Gasteiger partial charge in [0.1, 0.15) is 5.75 Å². The predicted molar refractivity (Wildman–Crippen MR) is 96.2 cm³/mol. The average molecular weight is 356 g/mol. The van der Waals surface area contributed by atoms with E-state index in [2.05, 4.69) is 11.3 Å². The summed E-state index contributed by atoms with van der Waals surface area (Å²) in [5.74, 6) is 0.271. The Kier molecular flexibility index (Phi) is 6.38. The van der Waals surface area contributed by atoms with Crippen LogP contribution in [0.5, 0.6) is 17.2 Å². The van der Waals surface area contributed by atoms with E-state index in [1.807, 2.05) is 0 Å². The molecule has 26 heavy (non-hydrogen) atoms. The van der Waals surface area contributed by atoms with Crippen molar-refractivity contribution in [2.75, 3.05) is 21.3 Å². The highest BCUT2D eigenvalue weighted by atomic mass is 16.5. The van der Waals surface area contributed by atoms with Crippen molar-refractivity contribution in [2.45, 2.75) is 6.42 Å². The van der Waals surface area contributed by atoms with Crippen LogP contribution in [0.15, 0.2) is 49.1 Å². The summed E-state index contributed by atoms with van der Waals surface area (Å²) in [7, 11) is 4.33. The van der Waals surface area contributed by atoms with Crippen molar-refractivity contribution in [3.63, 3.8) is 0 Å². The van der Waals surface area contributed by atoms with Gasteiger partial charge in [-0.05, 0) is 42.8 Å². The quantitative estimate of drug-likeness (QED) is 0.430. The fraction of sp³-hybridized carbons (Fsp3) is 0.200. The zero-order valence-electron chi connectivity index (χ0n) is 14.9. The molecule has 0 saturated carbocycles. The van der Waals surface area contributed by atoms with Crippen molar-refractivity contribution in [3.8, 4) is 17.2 Å². The van der Waals surface area contributed by atoms with Gasteiger partial charge in [-0.3, -0.25) is 0 Å². The number of methoxy groups -OCH3 is 3. The minimum absolute atomic E-state index is 0.308. The van der Waals surface area contributed by atoms with Gasteiger partial charge in [0.2, 0.25) is 0 Å². The highest BCUT2D eigenvalue weighted by Crippen LogP contribution is 2.33. The molecule has 6 nitrogen and oxygen atoms in total. The fourth-order valence-corrected chi connectivity index (χ4v) is 2.41. The van der Waals surface area contributed by atoms with Gasteiger partial charge < -0.3 is 18.9 Å². The second-order valence-electron chi connectivity index (χ2n) is 5.27. The van der Waals surface area contributed by atoms with Crippen molar-refractivity contribution in [3.05, 3.63) is 65.7 Å². The van der Waals surface area contributed by atoms with E-state index in [0.717, 1.165) is 5.56 Å². The number of carbonyl (C=O) groups is 2. The average Bonchev–Trinajstić information content (AvgIpc) is 2.67. The Bertz CT molecular complexity index is 808. The molecule has 0 N–H and O–H groups in total. The molecular weight excluding hydrogens is 336 g/mol. The van der Waals surface area contributed by atoms with Gasteiger partial charge in [0.25, 0.3) is 0 Å². The van der Waals surface area contributed by atoms with E-state index in [4.69, 9.17) is 14.2 Å². The summed E-state index contributed by atoms with van der Waals surface area (Å²) in [5.41, 5.74) is 1.44. The first kappa shape index (κ1) is 19.1. The number of carbonyl (C=O) groups excluding carboxylic acids is 2. The molecule has 0 aliphatic heterocycles. The van der Waals surface area contributed by atoms with Crippen LogP contribution in [0.2, 0.25) is 0 Å². The molecule has 0 heterocycles. The highest BCUT2D eigenvalue weighted by molar-refractivity contribution is 5.93. The SMILES string of the molecule is C=CCc1cc(C(=O)Oc2ccc(C(=O)OC)cc2)cc(OC)c1OC. The van der Waals surface area contributed by atoms with Gasteiger partial charge in [-0.2, -0.15) is 0 Å². The van der Waals surface area contributed by atoms with Crippen LogP contribution in [0.1, 0.15) is 26.3 Å². The van der Waals surface area contributed by atoms with E-state index < -0.39 is 11.9 Å². The van der Waals surface area contributed by atoms with Crippen molar-refractivity contribution in [1.29, 1.82) is 0 Å². The molecule has 2 aromatic rings. The Morgan fingerprint density at radius 2 is 1.65 bits per heavy atom. The number of benzene rings is 2. The number of hydrogen-bond acceptors (Lipinski definition) is 6. The first-order valence-corrected chi connectivity index (χ1v) is 7.80. The van der Waals surface area contributed by atoms with Crippen molar-refractivity contribution in [1.82, 2.24) is 0 Å². The standard InChI is InChI=1S/C20H20O6/c1-5-6-14-11-15(12-17(23-2)18(14)24-3)20(22)26-16-9-7-13(8-10-16)19(21)25-4/h5,7-12H,1,6H2,2-4H3. The van der Waals surface area contributed by atoms with Crippen molar-refractivity contribution in [2.24, 2.45) is 0 Å². The molecule has 0 spiro atoms. The molecule has 0 aliphatic rings. The highest BCUT2D eigenvalue weighted by Gasteiger charge is 2.17. The second-order valence-corrected chi connectivity index (χ2v) is 5.27. The Morgan fingerprint density at radius 1 is 0.962 bits per heavy atom. The summed E-state index contributed by atoms with van der Waals surface area (Å²) in [5, 5.41) is 0. The summed E-state index contributed by atoms with van der Waals surface area (Å²) in [6, 6.07) is 9.31. The third kappa shape index (κ3) is 4.22. The Balaban J connectivity index is 2.27. The lowest BCUT2D eigenvalue weighted by Gasteiger charge is -2.14. The van der Waals surface area contributed by atoms with E-state index in [9.17, 15) is 9.59 Å². The summed E-state index contributed by atoms with van der Waals surface area (Å²) in [6.07, 6.45) is 2.21. The molecule has 0 bridgehead atoms. The first-order valence-electron chi connectivity index (χ1n) is 7.80. The zero-order valence-corrected chi connectivity index (χ0v) is 14.9. The number of esters is 2. The van der Waals surface area contributed by atoms with E-state index in [0.29, 0.717) is 34.8 Å². The zero-order chi connectivity index (χ0) is 19.1. The van der Waals surface area contributed by atoms with Crippen LogP contribution in [-0.4, -0.2) is 33.3 Å². The number of rotatable bonds is 7. The van der Waals surface area contributed by atoms with Crippen LogP contribution >= 0.6 is 0 Å². The normalized spacial score (nSPS) is 9.96. The van der Waals surface area contributed by atoms with Gasteiger partial charge >= 0.3 is 11.9 Å². The van der Waals surface area contributed by atoms with Crippen LogP contribution in [-0.2, 0) is 11.2 Å². The lowest BCUT2D eigenvalue weighted by Crippen LogP contribution is -2.10. The molecule has 2 aromatic carbocycles. The molecule has 136 valence electrons. The van der Waals surface area contributed by atoms with E-state index in [-0.39, 0.29) is 0 Å². The maximum atomic E-state index is 12.5. The second kappa shape index (κ2) is 8.71.